The van der Waals surface area contributed by atoms with E-state index in [1.807, 2.05) is 0 Å². The van der Waals surface area contributed by atoms with Crippen LogP contribution in [0.15, 0.2) is 12.7 Å². The largest absolute Gasteiger partial charge is 0.394 e. The molecular formula is C22H28Cl6F2N10O13P4. The molecule has 6 rings (SSSR count). The van der Waals surface area contributed by atoms with Gasteiger partial charge in [0.15, 0.2) is 53.6 Å². The standard InChI is InChI=1S/C11H15ClFN5O8P2.C10H11ClFN5O3.CH2Cl4O2P2/c12-11-16-8(14)6-9(17-11)18(2-15-6)10-5(13)7(19)4(26-10)1-25-28(23,24)3-27(20,21)22;11-10-15-7(13)5-8(16-10)17(2-14-5)9-4(12)6(19)3(1-18)20-9;2-8(3,6)1-9(4,5)7/h2,4-5,7,10,19H,1,3H2,(H,23,24)(H2,14,16,17)(H2,20,21,22);2-4,6,9,18-19H,1H2,(H2,13,15,16);1H2/t4-,5+,7-,10-;3-,4+,6-,9-;/m11./s1. The number of fused-ring (bicyclic) bond motifs is 2. The average molecular weight is 1020 g/mol. The minimum Gasteiger partial charge on any atom is -0.394 e. The van der Waals surface area contributed by atoms with E-state index < -0.39 is 101 Å². The molecule has 4 aromatic rings. The van der Waals surface area contributed by atoms with Crippen molar-refractivity contribution in [3.63, 3.8) is 0 Å². The Kier molecular flexibility index (Phi) is 16.1. The van der Waals surface area contributed by atoms with Crippen molar-refractivity contribution in [1.29, 1.82) is 0 Å². The van der Waals surface area contributed by atoms with Crippen molar-refractivity contribution in [2.75, 3.05) is 36.5 Å². The van der Waals surface area contributed by atoms with Gasteiger partial charge in [0.25, 0.3) is 11.7 Å². The number of nitrogens with zero attached hydrogens (tertiary/aromatic N) is 8. The average Bonchev–Trinajstić information content (AvgIpc) is 3.79. The lowest BCUT2D eigenvalue weighted by molar-refractivity contribution is -0.0459. The molecule has 2 fully saturated rings. The van der Waals surface area contributed by atoms with Gasteiger partial charge >= 0.3 is 15.2 Å². The van der Waals surface area contributed by atoms with Crippen LogP contribution in [0.4, 0.5) is 20.4 Å². The number of hydrogen-bond acceptors (Lipinski definition) is 18. The zero-order valence-electron chi connectivity index (χ0n) is 27.7. The molecule has 10 N–H and O–H groups in total. The highest BCUT2D eigenvalue weighted by Crippen LogP contribution is 2.72. The van der Waals surface area contributed by atoms with Crippen LogP contribution in [0, 0.1) is 0 Å². The van der Waals surface area contributed by atoms with E-state index in [0.717, 1.165) is 10.9 Å². The molecule has 2 aliphatic heterocycles. The third kappa shape index (κ3) is 12.9. The SMILES string of the molecule is Nc1nc(Cl)nc2c1ncn2[C@@H]1O[C@H](CO)[C@@H](O)[C@@H]1F.Nc1nc(Cl)nc2c1ncn2[C@@H]1O[C@H](COP(=O)(O)CP(=O)(O)O)[C@@H](O)[C@@H]1F.O=P(Cl)(Cl)CP(=O)(Cl)Cl. The molecule has 0 saturated carbocycles. The van der Waals surface area contributed by atoms with Crippen molar-refractivity contribution < 1.29 is 71.0 Å². The van der Waals surface area contributed by atoms with Gasteiger partial charge in [-0.1, -0.05) is 0 Å². The Bertz CT molecular complexity index is 2250. The van der Waals surface area contributed by atoms with Crippen molar-refractivity contribution in [2.45, 2.75) is 49.2 Å². The van der Waals surface area contributed by atoms with Crippen LogP contribution < -0.4 is 11.5 Å². The lowest BCUT2D eigenvalue weighted by atomic mass is 10.1. The number of ether oxygens (including phenoxy) is 2. The number of halogens is 8. The monoisotopic (exact) mass is 1010 g/mol. The number of aliphatic hydroxyl groups excluding tert-OH is 3. The molecular weight excluding hydrogens is 987 g/mol. The Morgan fingerprint density at radius 2 is 1.14 bits per heavy atom. The van der Waals surface area contributed by atoms with Crippen LogP contribution in [0.1, 0.15) is 12.5 Å². The summed E-state index contributed by atoms with van der Waals surface area (Å²) in [4.78, 5) is 50.2. The third-order valence-electron chi connectivity index (χ3n) is 7.29. The van der Waals surface area contributed by atoms with Gasteiger partial charge < -0.3 is 55.5 Å². The molecule has 4 aromatic heterocycles. The number of aliphatic hydroxyl groups is 3. The highest BCUT2D eigenvalue weighted by molar-refractivity contribution is 8.21. The molecule has 2 aliphatic rings. The van der Waals surface area contributed by atoms with Crippen molar-refractivity contribution >= 4 is 129 Å². The first-order chi connectivity index (χ1) is 26.1. The first-order valence-electron chi connectivity index (χ1n) is 15.0. The minimum atomic E-state index is -4.83. The van der Waals surface area contributed by atoms with E-state index in [1.54, 1.807) is 0 Å². The maximum atomic E-state index is 14.6. The second-order valence-corrected chi connectivity index (χ2v) is 27.3. The zero-order valence-corrected chi connectivity index (χ0v) is 35.8. The van der Waals surface area contributed by atoms with Gasteiger partial charge in [-0.05, 0) is 68.2 Å². The molecule has 0 bridgehead atoms. The number of nitrogen functional groups attached to an aromatic ring is 2. The molecule has 0 aliphatic carbocycles. The van der Waals surface area contributed by atoms with Gasteiger partial charge in [-0.25, -0.2) is 18.7 Å². The number of rotatable bonds is 10. The normalized spacial score (nSPS) is 26.5. The highest BCUT2D eigenvalue weighted by atomic mass is 35.9. The first-order valence-corrected chi connectivity index (χ1v) is 26.7. The minimum absolute atomic E-state index is 0.0354. The summed E-state index contributed by atoms with van der Waals surface area (Å²) in [6.45, 7) is -1.29. The predicted octanol–water partition coefficient (Wildman–Crippen LogP) is 3.93. The fourth-order valence-electron chi connectivity index (χ4n) is 4.99. The lowest BCUT2D eigenvalue weighted by Gasteiger charge is -2.18. The summed E-state index contributed by atoms with van der Waals surface area (Å²) in [5.74, 6) is -8.69. The Labute approximate surface area is 346 Å². The van der Waals surface area contributed by atoms with Gasteiger partial charge in [0.1, 0.15) is 41.4 Å². The lowest BCUT2D eigenvalue weighted by Crippen LogP contribution is -2.31. The topological polar surface area (TPSA) is 357 Å². The quantitative estimate of drug-likeness (QED) is 0.0824. The van der Waals surface area contributed by atoms with Crippen LogP contribution in [-0.4, -0.2) is 131 Å². The van der Waals surface area contributed by atoms with Crippen LogP contribution in [0.25, 0.3) is 22.3 Å². The smallest absolute Gasteiger partial charge is 0.340 e. The van der Waals surface area contributed by atoms with Gasteiger partial charge in [-0.15, -0.1) is 0 Å². The zero-order chi connectivity index (χ0) is 43.0. The summed E-state index contributed by atoms with van der Waals surface area (Å²) >= 11 is 31.4. The van der Waals surface area contributed by atoms with Gasteiger partial charge in [0, 0.05) is 0 Å². The van der Waals surface area contributed by atoms with Crippen LogP contribution in [-0.2, 0) is 32.3 Å². The Morgan fingerprint density at radius 1 is 0.737 bits per heavy atom. The first kappa shape index (κ1) is 48.5. The van der Waals surface area contributed by atoms with E-state index in [2.05, 4.69) is 34.4 Å². The van der Waals surface area contributed by atoms with E-state index in [9.17, 15) is 42.1 Å². The number of hydrogen-bond donors (Lipinski definition) is 8. The molecule has 23 nitrogen and oxygen atoms in total. The number of imidazole rings is 2. The van der Waals surface area contributed by atoms with E-state index in [1.165, 1.54) is 10.9 Å². The van der Waals surface area contributed by atoms with Crippen molar-refractivity contribution in [2.24, 2.45) is 0 Å². The molecule has 0 radical (unpaired) electrons. The fraction of sp³-hybridized carbons (Fsp3) is 0.545. The summed E-state index contributed by atoms with van der Waals surface area (Å²) in [7, 11) is -9.53. The van der Waals surface area contributed by atoms with Gasteiger partial charge in [-0.3, -0.25) is 27.4 Å². The van der Waals surface area contributed by atoms with Crippen molar-refractivity contribution in [1.82, 2.24) is 39.0 Å². The summed E-state index contributed by atoms with van der Waals surface area (Å²) in [6.07, 6.45) is -9.58. The Morgan fingerprint density at radius 3 is 1.49 bits per heavy atom. The number of aromatic nitrogens is 8. The Hall–Kier alpha value is -1.14. The summed E-state index contributed by atoms with van der Waals surface area (Å²) in [5, 5.41) is 28.3. The number of nitrogens with two attached hydrogens (primary N) is 2. The van der Waals surface area contributed by atoms with Gasteiger partial charge in [0.2, 0.25) is 10.6 Å². The molecule has 57 heavy (non-hydrogen) atoms. The maximum Gasteiger partial charge on any atom is 0.340 e. The summed E-state index contributed by atoms with van der Waals surface area (Å²) in [5.41, 5.74) is 11.9. The molecule has 0 amide bonds. The van der Waals surface area contributed by atoms with Gasteiger partial charge in [-0.2, -0.15) is 19.9 Å². The summed E-state index contributed by atoms with van der Waals surface area (Å²) in [6, 6.07) is 0. The van der Waals surface area contributed by atoms with Crippen LogP contribution in [0.2, 0.25) is 10.6 Å². The fourth-order valence-corrected chi connectivity index (χ4v) is 16.8. The highest BCUT2D eigenvalue weighted by Gasteiger charge is 2.48. The van der Waals surface area contributed by atoms with E-state index in [0.29, 0.717) is 0 Å². The second kappa shape index (κ2) is 18.9. The third-order valence-corrected chi connectivity index (χ3v) is 17.6. The van der Waals surface area contributed by atoms with Gasteiger partial charge in [0.05, 0.1) is 25.9 Å². The van der Waals surface area contributed by atoms with E-state index in [4.69, 9.17) is 104 Å². The molecule has 35 heteroatoms. The summed E-state index contributed by atoms with van der Waals surface area (Å²) < 4.78 is 89.6. The van der Waals surface area contributed by atoms with E-state index >= 15 is 0 Å². The number of anilines is 2. The molecule has 2 saturated heterocycles. The predicted molar refractivity (Wildman–Crippen MR) is 202 cm³/mol. The van der Waals surface area contributed by atoms with Crippen LogP contribution in [0.5, 0.6) is 0 Å². The Balaban J connectivity index is 0.000000215. The molecule has 9 atom stereocenters. The maximum absolute atomic E-state index is 14.6. The molecule has 0 spiro atoms. The molecule has 0 aromatic carbocycles. The van der Waals surface area contributed by atoms with Crippen molar-refractivity contribution in [3.8, 4) is 0 Å². The molecule has 1 unspecified atom stereocenters. The molecule has 320 valence electrons. The second-order valence-electron chi connectivity index (χ2n) is 11.6. The van der Waals surface area contributed by atoms with Crippen LogP contribution in [0.3, 0.4) is 0 Å². The molecule has 6 heterocycles. The van der Waals surface area contributed by atoms with Crippen LogP contribution >= 0.6 is 95.1 Å². The van der Waals surface area contributed by atoms with E-state index in [-0.39, 0.29) is 44.5 Å². The van der Waals surface area contributed by atoms with Crippen molar-refractivity contribution in [3.05, 3.63) is 23.2 Å². The number of alkyl halides is 2.